The van der Waals surface area contributed by atoms with Crippen molar-refractivity contribution in [1.29, 1.82) is 0 Å². The van der Waals surface area contributed by atoms with E-state index >= 15 is 0 Å². The molecule has 0 aliphatic carbocycles. The van der Waals surface area contributed by atoms with Crippen molar-refractivity contribution in [3.63, 3.8) is 0 Å². The van der Waals surface area contributed by atoms with Crippen molar-refractivity contribution in [1.82, 2.24) is 5.43 Å². The van der Waals surface area contributed by atoms with Crippen LogP contribution in [0, 0.1) is 6.92 Å². The number of carbonyl (C=O) groups is 2. The molecule has 0 bridgehead atoms. The zero-order valence-corrected chi connectivity index (χ0v) is 19.7. The van der Waals surface area contributed by atoms with Gasteiger partial charge in [0.1, 0.15) is 5.75 Å². The Balaban J connectivity index is 1.53. The van der Waals surface area contributed by atoms with Crippen LogP contribution in [0.2, 0.25) is 5.02 Å². The standard InChI is InChI=1S/C25H24ClN3O5/c1-16-4-8-19(9-5-16)28-24(30)15-34-21-10-6-17(12-20(21)26)14-27-29-25(31)18-7-11-22(32-2)23(13-18)33-3/h4-14H,15H2,1-3H3,(H,28,30)(H,29,31)/b27-14+. The van der Waals surface area contributed by atoms with E-state index in [0.29, 0.717) is 39.1 Å². The summed E-state index contributed by atoms with van der Waals surface area (Å²) in [6.07, 6.45) is 1.44. The molecule has 176 valence electrons. The summed E-state index contributed by atoms with van der Waals surface area (Å²) in [5.41, 5.74) is 5.23. The van der Waals surface area contributed by atoms with Crippen molar-refractivity contribution in [3.05, 3.63) is 82.4 Å². The third-order valence-corrected chi connectivity index (χ3v) is 4.97. The Kier molecular flexibility index (Phi) is 8.48. The number of anilines is 1. The molecule has 2 amide bonds. The molecule has 0 aliphatic rings. The van der Waals surface area contributed by atoms with Gasteiger partial charge in [-0.25, -0.2) is 5.43 Å². The fraction of sp³-hybridized carbons (Fsp3) is 0.160. The number of methoxy groups -OCH3 is 2. The number of rotatable bonds is 9. The van der Waals surface area contributed by atoms with Crippen molar-refractivity contribution in [2.45, 2.75) is 6.92 Å². The number of halogens is 1. The maximum atomic E-state index is 12.3. The van der Waals surface area contributed by atoms with Gasteiger partial charge in [0.05, 0.1) is 25.5 Å². The minimum atomic E-state index is -0.414. The zero-order valence-electron chi connectivity index (χ0n) is 18.9. The number of hydrazone groups is 1. The number of amides is 2. The van der Waals surface area contributed by atoms with E-state index in [-0.39, 0.29) is 12.5 Å². The van der Waals surface area contributed by atoms with Gasteiger partial charge >= 0.3 is 0 Å². The average molecular weight is 482 g/mol. The van der Waals surface area contributed by atoms with Crippen LogP contribution in [-0.4, -0.2) is 38.9 Å². The van der Waals surface area contributed by atoms with Gasteiger partial charge in [-0.05, 0) is 61.0 Å². The highest BCUT2D eigenvalue weighted by atomic mass is 35.5. The second-order valence-electron chi connectivity index (χ2n) is 7.16. The second kappa shape index (κ2) is 11.7. The summed E-state index contributed by atoms with van der Waals surface area (Å²) in [4.78, 5) is 24.4. The molecule has 0 heterocycles. The zero-order chi connectivity index (χ0) is 24.5. The van der Waals surface area contributed by atoms with E-state index in [2.05, 4.69) is 15.8 Å². The SMILES string of the molecule is COc1ccc(C(=O)N/N=C/c2ccc(OCC(=O)Nc3ccc(C)cc3)c(Cl)c2)cc1OC. The molecular formula is C25H24ClN3O5. The number of hydrogen-bond donors (Lipinski definition) is 2. The van der Waals surface area contributed by atoms with E-state index in [4.69, 9.17) is 25.8 Å². The highest BCUT2D eigenvalue weighted by Crippen LogP contribution is 2.27. The van der Waals surface area contributed by atoms with E-state index in [1.807, 2.05) is 31.2 Å². The Morgan fingerprint density at radius 3 is 2.32 bits per heavy atom. The van der Waals surface area contributed by atoms with Crippen LogP contribution in [0.1, 0.15) is 21.5 Å². The molecule has 0 aromatic heterocycles. The molecule has 0 fully saturated rings. The molecule has 3 aromatic rings. The first kappa shape index (κ1) is 24.6. The number of hydrogen-bond acceptors (Lipinski definition) is 6. The van der Waals surface area contributed by atoms with Gasteiger partial charge in [0, 0.05) is 11.3 Å². The first-order valence-electron chi connectivity index (χ1n) is 10.2. The molecule has 9 heteroatoms. The summed E-state index contributed by atoms with van der Waals surface area (Å²) in [5.74, 6) is 0.597. The Labute approximate surface area is 202 Å². The van der Waals surface area contributed by atoms with E-state index in [1.54, 1.807) is 36.4 Å². The lowest BCUT2D eigenvalue weighted by Crippen LogP contribution is -2.20. The van der Waals surface area contributed by atoms with Crippen LogP contribution in [0.4, 0.5) is 5.69 Å². The first-order chi connectivity index (χ1) is 16.4. The first-order valence-corrected chi connectivity index (χ1v) is 10.6. The quantitative estimate of drug-likeness (QED) is 0.347. The predicted molar refractivity (Wildman–Crippen MR) is 131 cm³/mol. The summed E-state index contributed by atoms with van der Waals surface area (Å²) in [6.45, 7) is 1.78. The van der Waals surface area contributed by atoms with Gasteiger partial charge in [-0.2, -0.15) is 5.10 Å². The molecule has 34 heavy (non-hydrogen) atoms. The smallest absolute Gasteiger partial charge is 0.271 e. The molecule has 3 aromatic carbocycles. The number of nitrogens with one attached hydrogen (secondary N) is 2. The normalized spacial score (nSPS) is 10.6. The summed E-state index contributed by atoms with van der Waals surface area (Å²) in [5, 5.41) is 7.01. The minimum Gasteiger partial charge on any atom is -0.493 e. The van der Waals surface area contributed by atoms with Crippen molar-refractivity contribution in [3.8, 4) is 17.2 Å². The topological polar surface area (TPSA) is 98.3 Å². The van der Waals surface area contributed by atoms with Gasteiger partial charge in [0.2, 0.25) is 0 Å². The van der Waals surface area contributed by atoms with Crippen LogP contribution < -0.4 is 25.0 Å². The van der Waals surface area contributed by atoms with E-state index in [0.717, 1.165) is 5.56 Å². The molecule has 0 radical (unpaired) electrons. The summed E-state index contributed by atoms with van der Waals surface area (Å²) < 4.78 is 15.9. The number of nitrogens with zero attached hydrogens (tertiary/aromatic N) is 1. The Morgan fingerprint density at radius 1 is 0.941 bits per heavy atom. The van der Waals surface area contributed by atoms with Crippen LogP contribution >= 0.6 is 11.6 Å². The lowest BCUT2D eigenvalue weighted by Gasteiger charge is -2.09. The Bertz CT molecular complexity index is 1200. The number of carbonyl (C=O) groups excluding carboxylic acids is 2. The van der Waals surface area contributed by atoms with Crippen LogP contribution in [0.5, 0.6) is 17.2 Å². The van der Waals surface area contributed by atoms with Crippen LogP contribution in [0.3, 0.4) is 0 Å². The summed E-state index contributed by atoms with van der Waals surface area (Å²) >= 11 is 6.26. The van der Waals surface area contributed by atoms with Crippen molar-refractivity contribution in [2.24, 2.45) is 5.10 Å². The Morgan fingerprint density at radius 2 is 1.65 bits per heavy atom. The van der Waals surface area contributed by atoms with Gasteiger partial charge in [-0.15, -0.1) is 0 Å². The molecule has 0 unspecified atom stereocenters. The van der Waals surface area contributed by atoms with E-state index in [1.165, 1.54) is 20.4 Å². The largest absolute Gasteiger partial charge is 0.493 e. The van der Waals surface area contributed by atoms with Gasteiger partial charge in [-0.3, -0.25) is 9.59 Å². The molecule has 8 nitrogen and oxygen atoms in total. The molecule has 0 atom stereocenters. The molecule has 0 saturated carbocycles. The van der Waals surface area contributed by atoms with Gasteiger partial charge in [0.25, 0.3) is 11.8 Å². The van der Waals surface area contributed by atoms with Gasteiger partial charge < -0.3 is 19.5 Å². The molecule has 3 rings (SSSR count). The molecule has 0 saturated heterocycles. The molecular weight excluding hydrogens is 458 g/mol. The fourth-order valence-corrected chi connectivity index (χ4v) is 3.14. The van der Waals surface area contributed by atoms with Gasteiger partial charge in [0.15, 0.2) is 18.1 Å². The third-order valence-electron chi connectivity index (χ3n) is 4.68. The van der Waals surface area contributed by atoms with Crippen LogP contribution in [0.15, 0.2) is 65.8 Å². The maximum absolute atomic E-state index is 12.3. The van der Waals surface area contributed by atoms with Crippen molar-refractivity contribution < 1.29 is 23.8 Å². The predicted octanol–water partition coefficient (Wildman–Crippen LogP) is 4.45. The fourth-order valence-electron chi connectivity index (χ4n) is 2.90. The third kappa shape index (κ3) is 6.73. The molecule has 0 aliphatic heterocycles. The summed E-state index contributed by atoms with van der Waals surface area (Å²) in [7, 11) is 3.01. The summed E-state index contributed by atoms with van der Waals surface area (Å²) in [6, 6.07) is 17.2. The highest BCUT2D eigenvalue weighted by Gasteiger charge is 2.10. The molecule has 2 N–H and O–H groups in total. The van der Waals surface area contributed by atoms with Crippen molar-refractivity contribution in [2.75, 3.05) is 26.1 Å². The van der Waals surface area contributed by atoms with Crippen LogP contribution in [0.25, 0.3) is 0 Å². The minimum absolute atomic E-state index is 0.192. The average Bonchev–Trinajstić information content (AvgIpc) is 2.84. The number of ether oxygens (including phenoxy) is 3. The van der Waals surface area contributed by atoms with E-state index in [9.17, 15) is 9.59 Å². The van der Waals surface area contributed by atoms with Gasteiger partial charge in [-0.1, -0.05) is 29.3 Å². The lowest BCUT2D eigenvalue weighted by molar-refractivity contribution is -0.118. The number of benzene rings is 3. The van der Waals surface area contributed by atoms with Crippen LogP contribution in [-0.2, 0) is 4.79 Å². The lowest BCUT2D eigenvalue weighted by atomic mass is 10.2. The Hall–Kier alpha value is -4.04. The number of aryl methyl sites for hydroxylation is 1. The monoisotopic (exact) mass is 481 g/mol. The van der Waals surface area contributed by atoms with Crippen molar-refractivity contribution >= 4 is 35.3 Å². The maximum Gasteiger partial charge on any atom is 0.271 e. The van der Waals surface area contributed by atoms with E-state index < -0.39 is 5.91 Å². The highest BCUT2D eigenvalue weighted by molar-refractivity contribution is 6.32. The molecule has 0 spiro atoms. The second-order valence-corrected chi connectivity index (χ2v) is 7.57.